The van der Waals surface area contributed by atoms with Crippen LogP contribution in [-0.4, -0.2) is 55.6 Å². The maximum atomic E-state index is 12.4. The summed E-state index contributed by atoms with van der Waals surface area (Å²) < 4.78 is 5.43. The third kappa shape index (κ3) is 5.52. The molecule has 0 bridgehead atoms. The van der Waals surface area contributed by atoms with Crippen LogP contribution < -0.4 is 10.2 Å². The lowest BCUT2D eigenvalue weighted by Crippen LogP contribution is -2.37. The van der Waals surface area contributed by atoms with Crippen LogP contribution in [-0.2, 0) is 16.1 Å². The molecule has 1 aliphatic rings. The highest BCUT2D eigenvalue weighted by molar-refractivity contribution is 5.92. The van der Waals surface area contributed by atoms with Gasteiger partial charge >= 0.3 is 0 Å². The van der Waals surface area contributed by atoms with Gasteiger partial charge in [-0.2, -0.15) is 0 Å². The van der Waals surface area contributed by atoms with Crippen molar-refractivity contribution in [2.45, 2.75) is 13.5 Å². The van der Waals surface area contributed by atoms with Gasteiger partial charge in [0, 0.05) is 42.6 Å². The maximum absolute atomic E-state index is 12.4. The summed E-state index contributed by atoms with van der Waals surface area (Å²) in [5.74, 6) is -0.213. The van der Waals surface area contributed by atoms with Gasteiger partial charge in [0.05, 0.1) is 24.7 Å². The van der Waals surface area contributed by atoms with E-state index in [4.69, 9.17) is 4.74 Å². The number of ether oxygens (including phenoxy) is 1. The van der Waals surface area contributed by atoms with E-state index in [-0.39, 0.29) is 18.1 Å². The Balaban J connectivity index is 1.61. The molecule has 8 nitrogen and oxygen atoms in total. The number of rotatable bonds is 7. The molecular formula is C21H26N4O4. The standard InChI is InChI=1S/C21H26N4O4/c1-16-7-8-18(13-20(16)25(27)28)22-21(26)15-23(2)14-17-5-3-4-6-19(17)24-9-11-29-12-10-24/h3-8,13H,9-12,14-15H2,1-2H3,(H,22,26). The summed E-state index contributed by atoms with van der Waals surface area (Å²) in [5, 5.41) is 13.8. The van der Waals surface area contributed by atoms with Gasteiger partial charge < -0.3 is 15.0 Å². The average Bonchev–Trinajstić information content (AvgIpc) is 2.70. The molecule has 0 saturated carbocycles. The van der Waals surface area contributed by atoms with Gasteiger partial charge in [-0.05, 0) is 31.7 Å². The van der Waals surface area contributed by atoms with Crippen LogP contribution in [0.25, 0.3) is 0 Å². The third-order valence-electron chi connectivity index (χ3n) is 4.89. The van der Waals surface area contributed by atoms with Crippen molar-refractivity contribution in [3.8, 4) is 0 Å². The van der Waals surface area contributed by atoms with Gasteiger partial charge in [0.15, 0.2) is 0 Å². The quantitative estimate of drug-likeness (QED) is 0.570. The molecule has 29 heavy (non-hydrogen) atoms. The van der Waals surface area contributed by atoms with Crippen LogP contribution in [0.1, 0.15) is 11.1 Å². The minimum Gasteiger partial charge on any atom is -0.378 e. The van der Waals surface area contributed by atoms with Crippen molar-refractivity contribution in [3.05, 3.63) is 63.7 Å². The Hall–Kier alpha value is -2.97. The van der Waals surface area contributed by atoms with E-state index in [1.54, 1.807) is 19.1 Å². The summed E-state index contributed by atoms with van der Waals surface area (Å²) in [5.41, 5.74) is 3.29. The van der Waals surface area contributed by atoms with Gasteiger partial charge in [0.1, 0.15) is 0 Å². The number of anilines is 2. The Morgan fingerprint density at radius 3 is 2.69 bits per heavy atom. The van der Waals surface area contributed by atoms with Crippen LogP contribution in [0.4, 0.5) is 17.1 Å². The molecule has 0 radical (unpaired) electrons. The predicted octanol–water partition coefficient (Wildman–Crippen LogP) is 2.81. The van der Waals surface area contributed by atoms with E-state index in [9.17, 15) is 14.9 Å². The number of morpholine rings is 1. The van der Waals surface area contributed by atoms with Crippen LogP contribution in [0, 0.1) is 17.0 Å². The third-order valence-corrected chi connectivity index (χ3v) is 4.89. The fraction of sp³-hybridized carbons (Fsp3) is 0.381. The summed E-state index contributed by atoms with van der Waals surface area (Å²) >= 11 is 0. The summed E-state index contributed by atoms with van der Waals surface area (Å²) in [6.45, 7) is 5.61. The van der Waals surface area contributed by atoms with Crippen molar-refractivity contribution in [2.24, 2.45) is 0 Å². The number of carbonyl (C=O) groups is 1. The number of hydrogen-bond donors (Lipinski definition) is 1. The fourth-order valence-electron chi connectivity index (χ4n) is 3.43. The van der Waals surface area contributed by atoms with Gasteiger partial charge in [-0.15, -0.1) is 0 Å². The second-order valence-corrected chi connectivity index (χ2v) is 7.21. The van der Waals surface area contributed by atoms with Crippen LogP contribution in [0.15, 0.2) is 42.5 Å². The predicted molar refractivity (Wildman–Crippen MR) is 112 cm³/mol. The zero-order valence-corrected chi connectivity index (χ0v) is 16.8. The molecule has 1 N–H and O–H groups in total. The minimum absolute atomic E-state index is 0.00408. The Labute approximate surface area is 170 Å². The van der Waals surface area contributed by atoms with E-state index < -0.39 is 4.92 Å². The first-order valence-electron chi connectivity index (χ1n) is 9.58. The Morgan fingerprint density at radius 2 is 1.97 bits per heavy atom. The molecule has 2 aromatic rings. The number of carbonyl (C=O) groups excluding carboxylic acids is 1. The number of nitro benzene ring substituents is 1. The zero-order chi connectivity index (χ0) is 20.8. The van der Waals surface area contributed by atoms with Crippen molar-refractivity contribution < 1.29 is 14.5 Å². The molecule has 8 heteroatoms. The van der Waals surface area contributed by atoms with Crippen LogP contribution in [0.5, 0.6) is 0 Å². The first-order valence-corrected chi connectivity index (χ1v) is 9.58. The molecule has 3 rings (SSSR count). The zero-order valence-electron chi connectivity index (χ0n) is 16.8. The lowest BCUT2D eigenvalue weighted by molar-refractivity contribution is -0.385. The number of para-hydroxylation sites is 1. The topological polar surface area (TPSA) is 88.0 Å². The molecule has 2 aromatic carbocycles. The fourth-order valence-corrected chi connectivity index (χ4v) is 3.43. The van der Waals surface area contributed by atoms with E-state index in [1.807, 2.05) is 24.1 Å². The second kappa shape index (κ2) is 9.49. The number of nitrogens with zero attached hydrogens (tertiary/aromatic N) is 3. The molecule has 1 fully saturated rings. The summed E-state index contributed by atoms with van der Waals surface area (Å²) in [4.78, 5) is 27.3. The van der Waals surface area contributed by atoms with Gasteiger partial charge in [0.25, 0.3) is 5.69 Å². The van der Waals surface area contributed by atoms with Gasteiger partial charge in [0.2, 0.25) is 5.91 Å². The summed E-state index contributed by atoms with van der Waals surface area (Å²) in [6.07, 6.45) is 0. The molecule has 154 valence electrons. The van der Waals surface area contributed by atoms with E-state index in [0.717, 1.165) is 37.6 Å². The number of hydrogen-bond acceptors (Lipinski definition) is 6. The Bertz CT molecular complexity index is 881. The smallest absolute Gasteiger partial charge is 0.274 e. The maximum Gasteiger partial charge on any atom is 0.274 e. The van der Waals surface area contributed by atoms with Crippen molar-refractivity contribution in [2.75, 3.05) is 50.1 Å². The Morgan fingerprint density at radius 1 is 1.24 bits per heavy atom. The lowest BCUT2D eigenvalue weighted by atomic mass is 10.1. The molecule has 0 aromatic heterocycles. The van der Waals surface area contributed by atoms with Crippen LogP contribution in [0.3, 0.4) is 0 Å². The average molecular weight is 398 g/mol. The van der Waals surface area contributed by atoms with Gasteiger partial charge in [-0.25, -0.2) is 0 Å². The SMILES string of the molecule is Cc1ccc(NC(=O)CN(C)Cc2ccccc2N2CCOCC2)cc1[N+](=O)[O-]. The number of aryl methyl sites for hydroxylation is 1. The second-order valence-electron chi connectivity index (χ2n) is 7.21. The normalized spacial score (nSPS) is 14.1. The largest absolute Gasteiger partial charge is 0.378 e. The van der Waals surface area contributed by atoms with Gasteiger partial charge in [-0.1, -0.05) is 24.3 Å². The van der Waals surface area contributed by atoms with Crippen molar-refractivity contribution in [1.82, 2.24) is 4.90 Å². The van der Waals surface area contributed by atoms with E-state index in [2.05, 4.69) is 22.3 Å². The number of likely N-dealkylation sites (N-methyl/N-ethyl adjacent to an activating group) is 1. The lowest BCUT2D eigenvalue weighted by Gasteiger charge is -2.31. The molecule has 0 spiro atoms. The van der Waals surface area contributed by atoms with Crippen molar-refractivity contribution in [3.63, 3.8) is 0 Å². The molecule has 0 atom stereocenters. The summed E-state index contributed by atoms with van der Waals surface area (Å²) in [6, 6.07) is 12.9. The first kappa shape index (κ1) is 20.8. The number of amides is 1. The summed E-state index contributed by atoms with van der Waals surface area (Å²) in [7, 11) is 1.88. The van der Waals surface area contributed by atoms with Gasteiger partial charge in [-0.3, -0.25) is 19.8 Å². The molecule has 1 saturated heterocycles. The molecule has 1 aliphatic heterocycles. The first-order chi connectivity index (χ1) is 13.9. The molecule has 1 heterocycles. The molecular weight excluding hydrogens is 372 g/mol. The highest BCUT2D eigenvalue weighted by Crippen LogP contribution is 2.24. The number of benzene rings is 2. The molecule has 0 unspecified atom stereocenters. The molecule has 1 amide bonds. The minimum atomic E-state index is -0.445. The monoisotopic (exact) mass is 398 g/mol. The highest BCUT2D eigenvalue weighted by atomic mass is 16.6. The molecule has 0 aliphatic carbocycles. The number of nitro groups is 1. The van der Waals surface area contributed by atoms with Crippen molar-refractivity contribution in [1.29, 1.82) is 0 Å². The van der Waals surface area contributed by atoms with Crippen molar-refractivity contribution >= 4 is 23.0 Å². The number of nitrogens with one attached hydrogen (secondary N) is 1. The Kier molecular flexibility index (Phi) is 6.79. The van der Waals surface area contributed by atoms with Crippen LogP contribution >= 0.6 is 0 Å². The van der Waals surface area contributed by atoms with E-state index in [1.165, 1.54) is 6.07 Å². The van der Waals surface area contributed by atoms with Crippen LogP contribution in [0.2, 0.25) is 0 Å². The van der Waals surface area contributed by atoms with E-state index >= 15 is 0 Å². The highest BCUT2D eigenvalue weighted by Gasteiger charge is 2.17. The van der Waals surface area contributed by atoms with E-state index in [0.29, 0.717) is 17.8 Å².